The minimum atomic E-state index is -4.64. The third-order valence-electron chi connectivity index (χ3n) is 10.4. The maximum Gasteiger partial charge on any atom is 0.466 e. The molecule has 344 valence electrons. The predicted molar refractivity (Wildman–Crippen MR) is 268 cm³/mol. The molecule has 56 heavy (non-hydrogen) atoms. The van der Waals surface area contributed by atoms with Crippen LogP contribution in [0.2, 0.25) is 0 Å². The Morgan fingerprint density at radius 1 is 0.268 bits per heavy atom. The third kappa shape index (κ3) is 87.0. The molecule has 3 N–H and O–H groups in total. The van der Waals surface area contributed by atoms with Crippen LogP contribution in [-0.2, 0) is 4.57 Å². The van der Waals surface area contributed by atoms with Gasteiger partial charge in [0.2, 0.25) is 0 Å². The van der Waals surface area contributed by atoms with Crippen LogP contribution in [0.3, 0.4) is 0 Å². The van der Waals surface area contributed by atoms with E-state index in [0.29, 0.717) is 23.8 Å². The van der Waals surface area contributed by atoms with Gasteiger partial charge >= 0.3 is 7.82 Å². The van der Waals surface area contributed by atoms with Gasteiger partial charge < -0.3 is 14.7 Å². The van der Waals surface area contributed by atoms with Crippen LogP contribution < -0.4 is 0 Å². The number of hydrogen-bond donors (Lipinski definition) is 3. The van der Waals surface area contributed by atoms with E-state index in [2.05, 4.69) is 60.8 Å². The lowest BCUT2D eigenvalue weighted by atomic mass is 10.1. The smallest absolute Gasteiger partial charge is 0.303 e. The van der Waals surface area contributed by atoms with Gasteiger partial charge in [0.1, 0.15) is 0 Å². The topological polar surface area (TPSA) is 77.8 Å². The van der Waals surface area contributed by atoms with E-state index in [1.165, 1.54) is 250 Å². The van der Waals surface area contributed by atoms with Crippen molar-refractivity contribution < 1.29 is 19.2 Å². The van der Waals surface area contributed by atoms with Crippen molar-refractivity contribution in [2.75, 3.05) is 58.5 Å². The zero-order chi connectivity index (χ0) is 42.8. The largest absolute Gasteiger partial charge is 0.466 e. The van der Waals surface area contributed by atoms with Crippen LogP contribution in [0.1, 0.15) is 252 Å². The minimum Gasteiger partial charge on any atom is -0.303 e. The Hall–Kier alpha value is 1.40. The summed E-state index contributed by atoms with van der Waals surface area (Å²) in [6.45, 7) is 21.3. The first-order chi connectivity index (χ1) is 26.8. The van der Waals surface area contributed by atoms with Gasteiger partial charge in [-0.2, -0.15) is 0 Å². The summed E-state index contributed by atoms with van der Waals surface area (Å²) < 4.78 is 8.88. The second-order valence-electron chi connectivity index (χ2n) is 17.6. The van der Waals surface area contributed by atoms with Gasteiger partial charge in [0.15, 0.2) is 0 Å². The van der Waals surface area contributed by atoms with Gasteiger partial charge in [0, 0.05) is 0 Å². The fourth-order valence-electron chi connectivity index (χ4n) is 6.81. The van der Waals surface area contributed by atoms with Crippen LogP contribution in [0.4, 0.5) is 0 Å². The summed E-state index contributed by atoms with van der Waals surface area (Å²) in [6, 6.07) is 0. The first kappa shape index (κ1) is 64.0. The van der Waals surface area contributed by atoms with E-state index < -0.39 is 7.82 Å². The SMILES string of the molecule is CCCCCCCCCCCCCCP(C)C.CCCCCCCCCCCCCCP(C)C.CCCCCCCCCCCCCCP(C)C.O=P(O)(O)O. The molecule has 0 spiro atoms. The lowest BCUT2D eigenvalue weighted by Gasteiger charge is -2.05. The van der Waals surface area contributed by atoms with Crippen LogP contribution >= 0.6 is 31.6 Å². The molecule has 0 aromatic carbocycles. The molecular formula is C48H108O4P4. The maximum atomic E-state index is 8.88. The summed E-state index contributed by atoms with van der Waals surface area (Å²) in [6.07, 6.45) is 57.4. The molecule has 0 fully saturated rings. The fraction of sp³-hybridized carbons (Fsp3) is 1.00. The van der Waals surface area contributed by atoms with Gasteiger partial charge in [0.05, 0.1) is 0 Å². The standard InChI is InChI=1S/3C16H35P.H3O4P/c3*1-4-5-6-7-8-9-10-11-12-13-14-15-16-17(2)3;1-5(2,3)4/h3*4-16H2,1-3H3;(H3,1,2,3,4). The van der Waals surface area contributed by atoms with Crippen molar-refractivity contribution in [3.63, 3.8) is 0 Å². The molecule has 0 saturated heterocycles. The highest BCUT2D eigenvalue weighted by Crippen LogP contribution is 2.28. The zero-order valence-electron chi connectivity index (χ0n) is 40.1. The number of rotatable bonds is 39. The molecule has 0 unspecified atom stereocenters. The Labute approximate surface area is 359 Å². The van der Waals surface area contributed by atoms with Crippen LogP contribution in [0.5, 0.6) is 0 Å². The molecule has 0 aliphatic carbocycles. The lowest BCUT2D eigenvalue weighted by Crippen LogP contribution is -1.85. The molecule has 0 amide bonds. The van der Waals surface area contributed by atoms with Crippen molar-refractivity contribution in [2.24, 2.45) is 0 Å². The lowest BCUT2D eigenvalue weighted by molar-refractivity contribution is 0.275. The molecule has 0 atom stereocenters. The van der Waals surface area contributed by atoms with E-state index in [1.54, 1.807) is 0 Å². The first-order valence-electron chi connectivity index (χ1n) is 24.5. The second kappa shape index (κ2) is 56.4. The van der Waals surface area contributed by atoms with Crippen molar-refractivity contribution in [3.8, 4) is 0 Å². The molecular weight excluding hydrogens is 764 g/mol. The van der Waals surface area contributed by atoms with Crippen molar-refractivity contribution in [1.82, 2.24) is 0 Å². The maximum absolute atomic E-state index is 8.88. The predicted octanol–water partition coefficient (Wildman–Crippen LogP) is 18.4. The summed E-state index contributed by atoms with van der Waals surface area (Å²) in [5, 5.41) is 0. The minimum absolute atomic E-state index is 0.362. The van der Waals surface area contributed by atoms with Crippen LogP contribution in [-0.4, -0.2) is 73.2 Å². The van der Waals surface area contributed by atoms with E-state index in [0.717, 1.165) is 0 Å². The van der Waals surface area contributed by atoms with E-state index in [4.69, 9.17) is 19.2 Å². The van der Waals surface area contributed by atoms with Crippen molar-refractivity contribution in [2.45, 2.75) is 252 Å². The average molecular weight is 873 g/mol. The van der Waals surface area contributed by atoms with Crippen molar-refractivity contribution >= 4 is 31.6 Å². The van der Waals surface area contributed by atoms with Crippen molar-refractivity contribution in [3.05, 3.63) is 0 Å². The van der Waals surface area contributed by atoms with Gasteiger partial charge in [-0.15, -0.1) is 23.8 Å². The van der Waals surface area contributed by atoms with Crippen LogP contribution in [0.25, 0.3) is 0 Å². The summed E-state index contributed by atoms with van der Waals surface area (Å²) in [7, 11) is -3.55. The molecule has 0 aromatic rings. The Morgan fingerprint density at radius 3 is 0.482 bits per heavy atom. The van der Waals surface area contributed by atoms with Crippen molar-refractivity contribution in [1.29, 1.82) is 0 Å². The molecule has 8 heteroatoms. The molecule has 0 radical (unpaired) electrons. The Balaban J connectivity index is -0.000000340. The Kier molecular flexibility index (Phi) is 64.5. The molecule has 4 nitrogen and oxygen atoms in total. The number of hydrogen-bond acceptors (Lipinski definition) is 1. The van der Waals surface area contributed by atoms with E-state index in [9.17, 15) is 0 Å². The van der Waals surface area contributed by atoms with Gasteiger partial charge in [-0.1, -0.05) is 233 Å². The van der Waals surface area contributed by atoms with Gasteiger partial charge in [-0.3, -0.25) is 0 Å². The highest BCUT2D eigenvalue weighted by Gasteiger charge is 2.00. The Bertz CT molecular complexity index is 618. The van der Waals surface area contributed by atoms with E-state index in [1.807, 2.05) is 0 Å². The summed E-state index contributed by atoms with van der Waals surface area (Å²) in [4.78, 5) is 21.6. The molecule has 0 saturated carbocycles. The third-order valence-corrected chi connectivity index (χ3v) is 14.0. The summed E-state index contributed by atoms with van der Waals surface area (Å²) >= 11 is 0. The molecule has 0 aliphatic heterocycles. The van der Waals surface area contributed by atoms with Gasteiger partial charge in [0.25, 0.3) is 0 Å². The van der Waals surface area contributed by atoms with Crippen LogP contribution in [0, 0.1) is 0 Å². The number of phosphoric acid groups is 1. The highest BCUT2D eigenvalue weighted by molar-refractivity contribution is 7.56. The monoisotopic (exact) mass is 873 g/mol. The molecule has 0 rings (SSSR count). The second-order valence-corrected chi connectivity index (χ2v) is 26.4. The molecule has 0 heterocycles. The average Bonchev–Trinajstić information content (AvgIpc) is 3.12. The quantitative estimate of drug-likeness (QED) is 0.0425. The summed E-state index contributed by atoms with van der Waals surface area (Å²) in [5.41, 5.74) is 0. The molecule has 0 aromatic heterocycles. The highest BCUT2D eigenvalue weighted by atomic mass is 31.2. The Morgan fingerprint density at radius 2 is 0.375 bits per heavy atom. The zero-order valence-corrected chi connectivity index (χ0v) is 43.7. The van der Waals surface area contributed by atoms with Gasteiger partial charge in [-0.05, 0) is 77.7 Å². The molecule has 0 bridgehead atoms. The van der Waals surface area contributed by atoms with E-state index >= 15 is 0 Å². The van der Waals surface area contributed by atoms with E-state index in [-0.39, 0.29) is 0 Å². The first-order valence-corrected chi connectivity index (χ1v) is 33.4. The fourth-order valence-corrected chi connectivity index (χ4v) is 9.38. The molecule has 0 aliphatic rings. The number of unbranched alkanes of at least 4 members (excludes halogenated alkanes) is 33. The van der Waals surface area contributed by atoms with Crippen LogP contribution in [0.15, 0.2) is 0 Å². The summed E-state index contributed by atoms with van der Waals surface area (Å²) in [5.74, 6) is 0. The normalized spacial score (nSPS) is 11.3. The van der Waals surface area contributed by atoms with Gasteiger partial charge in [-0.25, -0.2) is 4.57 Å².